The predicted octanol–water partition coefficient (Wildman–Crippen LogP) is 9.37. The number of fused-ring (bicyclic) bond motifs is 3. The Balaban J connectivity index is 1.02. The van der Waals surface area contributed by atoms with Gasteiger partial charge in [0.2, 0.25) is 0 Å². The molecule has 1 saturated heterocycles. The number of esters is 3. The van der Waals surface area contributed by atoms with Gasteiger partial charge in [0, 0.05) is 27.7 Å². The molecule has 4 aromatic carbocycles. The van der Waals surface area contributed by atoms with Gasteiger partial charge in [-0.25, -0.2) is 4.79 Å². The molecule has 0 amide bonds. The van der Waals surface area contributed by atoms with Crippen LogP contribution >= 0.6 is 0 Å². The van der Waals surface area contributed by atoms with Gasteiger partial charge in [-0.15, -0.1) is 0 Å². The second kappa shape index (κ2) is 16.7. The van der Waals surface area contributed by atoms with Crippen LogP contribution in [-0.2, 0) is 33.3 Å². The fourth-order valence-corrected chi connectivity index (χ4v) is 11.0. The molecule has 4 aliphatic rings. The highest BCUT2D eigenvalue weighted by molar-refractivity contribution is 6.09. The van der Waals surface area contributed by atoms with Gasteiger partial charge >= 0.3 is 17.9 Å². The number of carbonyl (C=O) groups excluding carboxylic acids is 5. The molecule has 61 heavy (non-hydrogen) atoms. The summed E-state index contributed by atoms with van der Waals surface area (Å²) in [5.41, 5.74) is 2.79. The molecule has 9 heteroatoms. The number of rotatable bonds is 12. The molecule has 3 unspecified atom stereocenters. The number of hydrogen-bond donors (Lipinski definition) is 0. The Hall–Kier alpha value is -5.67. The lowest BCUT2D eigenvalue weighted by atomic mass is 9.44. The van der Waals surface area contributed by atoms with Crippen LogP contribution in [0.3, 0.4) is 0 Å². The van der Waals surface area contributed by atoms with Crippen LogP contribution in [0.15, 0.2) is 121 Å². The van der Waals surface area contributed by atoms with Gasteiger partial charge in [0.05, 0.1) is 29.1 Å². The van der Waals surface area contributed by atoms with Crippen LogP contribution in [0.5, 0.6) is 0 Å². The maximum absolute atomic E-state index is 14.1. The van der Waals surface area contributed by atoms with Crippen LogP contribution in [0.2, 0.25) is 0 Å². The topological polar surface area (TPSA) is 122 Å². The van der Waals surface area contributed by atoms with E-state index in [-0.39, 0.29) is 60.1 Å². The molecule has 2 aliphatic carbocycles. The summed E-state index contributed by atoms with van der Waals surface area (Å²) in [7, 11) is 0. The fourth-order valence-electron chi connectivity index (χ4n) is 11.0. The average molecular weight is 823 g/mol. The van der Waals surface area contributed by atoms with Crippen molar-refractivity contribution in [3.05, 3.63) is 154 Å². The minimum absolute atomic E-state index is 0.0125. The molecule has 2 saturated carbocycles. The molecular weight excluding hydrogens is 769 g/mol. The minimum atomic E-state index is -0.763. The molecule has 3 fully saturated rings. The van der Waals surface area contributed by atoms with Crippen molar-refractivity contribution in [2.45, 2.75) is 96.4 Å². The first-order valence-corrected chi connectivity index (χ1v) is 21.5. The monoisotopic (exact) mass is 822 g/mol. The Morgan fingerprint density at radius 3 is 1.72 bits per heavy atom. The molecular formula is C52H54O9. The van der Waals surface area contributed by atoms with Crippen LogP contribution in [0, 0.1) is 22.7 Å². The van der Waals surface area contributed by atoms with E-state index in [1.807, 2.05) is 49.4 Å². The van der Waals surface area contributed by atoms with Crippen molar-refractivity contribution < 1.29 is 42.9 Å². The molecule has 0 aromatic heterocycles. The van der Waals surface area contributed by atoms with Gasteiger partial charge in [-0.2, -0.15) is 0 Å². The molecule has 2 heterocycles. The van der Waals surface area contributed by atoms with Gasteiger partial charge < -0.3 is 18.9 Å². The molecule has 9 nitrogen and oxygen atoms in total. The van der Waals surface area contributed by atoms with Crippen LogP contribution in [0.4, 0.5) is 0 Å². The van der Waals surface area contributed by atoms with Gasteiger partial charge in [-0.05, 0) is 87.3 Å². The largest absolute Gasteiger partial charge is 0.464 e. The number of cyclic esters (lactones) is 1. The fraction of sp³-hybridized carbons (Fsp3) is 0.404. The molecule has 316 valence electrons. The van der Waals surface area contributed by atoms with Crippen molar-refractivity contribution in [2.24, 2.45) is 22.7 Å². The molecule has 9 atom stereocenters. The number of hydrogen-bond acceptors (Lipinski definition) is 9. The number of ether oxygens (including phenoxy) is 4. The molecule has 0 spiro atoms. The summed E-state index contributed by atoms with van der Waals surface area (Å²) in [6.45, 7) is 10.5. The molecule has 0 radical (unpaired) electrons. The van der Waals surface area contributed by atoms with Gasteiger partial charge in [-0.1, -0.05) is 123 Å². The number of benzene rings is 4. The smallest absolute Gasteiger partial charge is 0.336 e. The van der Waals surface area contributed by atoms with E-state index in [4.69, 9.17) is 18.9 Å². The summed E-state index contributed by atoms with van der Waals surface area (Å²) in [5, 5.41) is 0. The first kappa shape index (κ1) is 42.0. The highest BCUT2D eigenvalue weighted by Gasteiger charge is 2.66. The maximum atomic E-state index is 14.1. The third-order valence-corrected chi connectivity index (χ3v) is 14.6. The van der Waals surface area contributed by atoms with E-state index >= 15 is 0 Å². The summed E-state index contributed by atoms with van der Waals surface area (Å²) < 4.78 is 24.9. The zero-order chi connectivity index (χ0) is 43.1. The molecule has 4 aromatic rings. The minimum Gasteiger partial charge on any atom is -0.464 e. The van der Waals surface area contributed by atoms with Crippen molar-refractivity contribution in [3.63, 3.8) is 0 Å². The first-order chi connectivity index (χ1) is 29.2. The van der Waals surface area contributed by atoms with Crippen molar-refractivity contribution in [1.82, 2.24) is 0 Å². The zero-order valence-corrected chi connectivity index (χ0v) is 35.6. The number of ketones is 2. The van der Waals surface area contributed by atoms with Crippen LogP contribution in [-0.4, -0.2) is 60.5 Å². The average Bonchev–Trinajstić information content (AvgIpc) is 3.89. The second-order valence-electron chi connectivity index (χ2n) is 18.2. The Morgan fingerprint density at radius 2 is 1.20 bits per heavy atom. The van der Waals surface area contributed by atoms with Crippen LogP contribution < -0.4 is 0 Å². The van der Waals surface area contributed by atoms with E-state index in [1.54, 1.807) is 79.7 Å². The second-order valence-corrected chi connectivity index (χ2v) is 18.2. The first-order valence-electron chi connectivity index (χ1n) is 21.5. The molecule has 0 N–H and O–H groups in total. The zero-order valence-electron chi connectivity index (χ0n) is 35.6. The van der Waals surface area contributed by atoms with E-state index in [1.165, 1.54) is 0 Å². The van der Waals surface area contributed by atoms with Gasteiger partial charge in [0.25, 0.3) is 0 Å². The van der Waals surface area contributed by atoms with Crippen molar-refractivity contribution in [2.75, 3.05) is 13.2 Å². The summed E-state index contributed by atoms with van der Waals surface area (Å²) in [6, 6.07) is 32.3. The third kappa shape index (κ3) is 7.89. The summed E-state index contributed by atoms with van der Waals surface area (Å²) >= 11 is 0. The molecule has 0 bridgehead atoms. The van der Waals surface area contributed by atoms with E-state index in [2.05, 4.69) is 20.8 Å². The number of carbonyl (C=O) groups is 5. The van der Waals surface area contributed by atoms with E-state index in [9.17, 15) is 24.0 Å². The SMILES string of the molecule is CC(C(=O)OC[C@@]1(C)[C@H]2CC[C@@]3(C)OC(C4=CCOC4=O)C[C@H]3[C@]2(C)CC[C@H]1OC(=O)C(C)c1ccc(C(=O)c2ccccc2)cc1)c1ccc(C(=O)c2ccccc2)cc1. The predicted molar refractivity (Wildman–Crippen MR) is 229 cm³/mol. The lowest BCUT2D eigenvalue weighted by molar-refractivity contribution is -0.215. The van der Waals surface area contributed by atoms with E-state index < -0.39 is 34.9 Å². The summed E-state index contributed by atoms with van der Waals surface area (Å²) in [6.07, 6.45) is 4.39. The normalized spacial score (nSPS) is 28.9. The Kier molecular flexibility index (Phi) is 11.5. The highest BCUT2D eigenvalue weighted by Crippen LogP contribution is 2.66. The van der Waals surface area contributed by atoms with Crippen molar-refractivity contribution >= 4 is 29.5 Å². The van der Waals surface area contributed by atoms with Crippen molar-refractivity contribution in [1.29, 1.82) is 0 Å². The standard InChI is InChI=1S/C52H54O9/c1-32(34-16-20-38(21-17-34)45(53)36-12-8-6-9-13-36)47(55)59-31-51(4)42-24-28-52(5)43(30-41(61-52)40-26-29-58-49(40)57)50(42,3)27-25-44(51)60-48(56)33(2)35-18-22-39(23-19-35)46(54)37-14-10-7-11-15-37/h6-23,26,32-33,41-44H,24-25,27-31H2,1-5H3/t32?,33?,41?,42-,43-,44+,50+,51-,52+/m0/s1. The highest BCUT2D eigenvalue weighted by atomic mass is 16.6. The van der Waals surface area contributed by atoms with Gasteiger partial charge in [0.15, 0.2) is 11.6 Å². The van der Waals surface area contributed by atoms with Crippen LogP contribution in [0.25, 0.3) is 0 Å². The van der Waals surface area contributed by atoms with E-state index in [0.717, 1.165) is 30.4 Å². The Morgan fingerprint density at radius 1 is 0.672 bits per heavy atom. The van der Waals surface area contributed by atoms with Gasteiger partial charge in [-0.3, -0.25) is 19.2 Å². The third-order valence-electron chi connectivity index (χ3n) is 14.6. The lowest BCUT2D eigenvalue weighted by Crippen LogP contribution is -2.62. The van der Waals surface area contributed by atoms with Gasteiger partial charge in [0.1, 0.15) is 19.3 Å². The lowest BCUT2D eigenvalue weighted by Gasteiger charge is -2.62. The van der Waals surface area contributed by atoms with Crippen LogP contribution in [0.1, 0.15) is 122 Å². The maximum Gasteiger partial charge on any atom is 0.336 e. The summed E-state index contributed by atoms with van der Waals surface area (Å²) in [5.74, 6) is -2.45. The van der Waals surface area contributed by atoms with E-state index in [0.29, 0.717) is 40.7 Å². The molecule has 2 aliphatic heterocycles. The van der Waals surface area contributed by atoms with Crippen molar-refractivity contribution in [3.8, 4) is 0 Å². The summed E-state index contributed by atoms with van der Waals surface area (Å²) in [4.78, 5) is 66.9. The quantitative estimate of drug-likeness (QED) is 0.0782. The Labute approximate surface area is 357 Å². The Bertz CT molecular complexity index is 2340. The molecule has 8 rings (SSSR count).